The average molecular weight is 341 g/mol. The number of nitrogens with zero attached hydrogens (tertiary/aromatic N) is 3. The lowest BCUT2D eigenvalue weighted by molar-refractivity contribution is 0.229. The third-order valence-corrected chi connectivity index (χ3v) is 5.63. The molecule has 0 bridgehead atoms. The van der Waals surface area contributed by atoms with Crippen LogP contribution in [0.5, 0.6) is 5.75 Å². The lowest BCUT2D eigenvalue weighted by Gasteiger charge is -2.26. The van der Waals surface area contributed by atoms with Gasteiger partial charge in [-0.05, 0) is 43.9 Å². The summed E-state index contributed by atoms with van der Waals surface area (Å²) in [6, 6.07) is 7.80. The van der Waals surface area contributed by atoms with Crippen LogP contribution in [0.2, 0.25) is 0 Å². The molecule has 0 amide bonds. The number of ether oxygens (including phenoxy) is 1. The third kappa shape index (κ3) is 3.87. The van der Waals surface area contributed by atoms with Crippen molar-refractivity contribution in [3.63, 3.8) is 0 Å². The SMILES string of the molecule is COc1cccc(-c2noc([C@H]3CCN(CC4CCCCC4)C3)n2)c1. The number of benzene rings is 1. The molecular formula is C20H27N3O2. The fourth-order valence-corrected chi connectivity index (χ4v) is 4.22. The zero-order valence-corrected chi connectivity index (χ0v) is 15.0. The maximum atomic E-state index is 5.59. The van der Waals surface area contributed by atoms with Crippen molar-refractivity contribution in [3.8, 4) is 17.1 Å². The monoisotopic (exact) mass is 341 g/mol. The molecule has 25 heavy (non-hydrogen) atoms. The molecule has 2 heterocycles. The summed E-state index contributed by atoms with van der Waals surface area (Å²) in [5, 5.41) is 4.19. The molecule has 1 saturated heterocycles. The molecule has 2 fully saturated rings. The highest BCUT2D eigenvalue weighted by molar-refractivity contribution is 5.56. The Kier molecular flexibility index (Phi) is 5.02. The topological polar surface area (TPSA) is 51.4 Å². The highest BCUT2D eigenvalue weighted by Crippen LogP contribution is 2.31. The first-order valence-electron chi connectivity index (χ1n) is 9.52. The molecule has 5 heteroatoms. The van der Waals surface area contributed by atoms with Crippen LogP contribution in [0.4, 0.5) is 0 Å². The molecular weight excluding hydrogens is 314 g/mol. The highest BCUT2D eigenvalue weighted by atomic mass is 16.5. The average Bonchev–Trinajstić information content (AvgIpc) is 3.32. The first-order chi connectivity index (χ1) is 12.3. The summed E-state index contributed by atoms with van der Waals surface area (Å²) >= 11 is 0. The number of rotatable bonds is 5. The quantitative estimate of drug-likeness (QED) is 0.819. The lowest BCUT2D eigenvalue weighted by Crippen LogP contribution is -2.28. The molecule has 1 saturated carbocycles. The van der Waals surface area contributed by atoms with Crippen molar-refractivity contribution in [2.75, 3.05) is 26.7 Å². The zero-order valence-electron chi connectivity index (χ0n) is 15.0. The van der Waals surface area contributed by atoms with Crippen LogP contribution < -0.4 is 4.74 Å². The van der Waals surface area contributed by atoms with Gasteiger partial charge in [-0.15, -0.1) is 0 Å². The van der Waals surface area contributed by atoms with E-state index in [0.29, 0.717) is 11.7 Å². The number of methoxy groups -OCH3 is 1. The predicted octanol–water partition coefficient (Wildman–Crippen LogP) is 4.11. The smallest absolute Gasteiger partial charge is 0.231 e. The summed E-state index contributed by atoms with van der Waals surface area (Å²) in [5.74, 6) is 3.50. The maximum Gasteiger partial charge on any atom is 0.231 e. The van der Waals surface area contributed by atoms with Crippen molar-refractivity contribution < 1.29 is 9.26 Å². The van der Waals surface area contributed by atoms with Gasteiger partial charge in [0.15, 0.2) is 0 Å². The number of likely N-dealkylation sites (tertiary alicyclic amines) is 1. The summed E-state index contributed by atoms with van der Waals surface area (Å²) in [6.45, 7) is 3.45. The largest absolute Gasteiger partial charge is 0.497 e. The van der Waals surface area contributed by atoms with Gasteiger partial charge in [-0.2, -0.15) is 4.98 Å². The summed E-state index contributed by atoms with van der Waals surface area (Å²) in [5.41, 5.74) is 0.936. The maximum absolute atomic E-state index is 5.59. The van der Waals surface area contributed by atoms with E-state index in [-0.39, 0.29) is 0 Å². The number of hydrogen-bond acceptors (Lipinski definition) is 5. The molecule has 0 N–H and O–H groups in total. The van der Waals surface area contributed by atoms with Crippen LogP contribution in [0.25, 0.3) is 11.4 Å². The van der Waals surface area contributed by atoms with Crippen molar-refractivity contribution in [2.24, 2.45) is 5.92 Å². The molecule has 1 aliphatic heterocycles. The van der Waals surface area contributed by atoms with Gasteiger partial charge >= 0.3 is 0 Å². The van der Waals surface area contributed by atoms with Gasteiger partial charge in [-0.25, -0.2) is 0 Å². The van der Waals surface area contributed by atoms with Gasteiger partial charge in [0.05, 0.1) is 13.0 Å². The van der Waals surface area contributed by atoms with E-state index in [0.717, 1.165) is 42.6 Å². The molecule has 2 aliphatic rings. The van der Waals surface area contributed by atoms with Crippen LogP contribution in [0.3, 0.4) is 0 Å². The van der Waals surface area contributed by atoms with Crippen LogP contribution in [0.1, 0.15) is 50.3 Å². The van der Waals surface area contributed by atoms with Crippen molar-refractivity contribution in [2.45, 2.75) is 44.4 Å². The molecule has 134 valence electrons. The molecule has 4 rings (SSSR count). The minimum atomic E-state index is 0.371. The van der Waals surface area contributed by atoms with Crippen LogP contribution >= 0.6 is 0 Å². The summed E-state index contributed by atoms with van der Waals surface area (Å²) in [6.07, 6.45) is 8.18. The van der Waals surface area contributed by atoms with E-state index in [1.807, 2.05) is 24.3 Å². The van der Waals surface area contributed by atoms with Crippen molar-refractivity contribution in [1.82, 2.24) is 15.0 Å². The van der Waals surface area contributed by atoms with E-state index in [2.05, 4.69) is 15.0 Å². The van der Waals surface area contributed by atoms with Crippen LogP contribution in [-0.2, 0) is 0 Å². The van der Waals surface area contributed by atoms with E-state index >= 15 is 0 Å². The Hall–Kier alpha value is -1.88. The Labute approximate surface area is 149 Å². The lowest BCUT2D eigenvalue weighted by atomic mass is 9.89. The van der Waals surface area contributed by atoms with E-state index in [4.69, 9.17) is 9.26 Å². The Morgan fingerprint density at radius 3 is 2.92 bits per heavy atom. The van der Waals surface area contributed by atoms with Gasteiger partial charge in [-0.3, -0.25) is 0 Å². The summed E-state index contributed by atoms with van der Waals surface area (Å²) in [4.78, 5) is 7.25. The normalized spacial score (nSPS) is 22.4. The predicted molar refractivity (Wildman–Crippen MR) is 96.7 cm³/mol. The molecule has 0 spiro atoms. The fraction of sp³-hybridized carbons (Fsp3) is 0.600. The molecule has 1 aliphatic carbocycles. The van der Waals surface area contributed by atoms with E-state index in [1.54, 1.807) is 7.11 Å². The number of hydrogen-bond donors (Lipinski definition) is 0. The Morgan fingerprint density at radius 1 is 1.20 bits per heavy atom. The van der Waals surface area contributed by atoms with E-state index in [1.165, 1.54) is 38.6 Å². The van der Waals surface area contributed by atoms with Gasteiger partial charge in [0.25, 0.3) is 0 Å². The highest BCUT2D eigenvalue weighted by Gasteiger charge is 2.30. The molecule has 0 unspecified atom stereocenters. The summed E-state index contributed by atoms with van der Waals surface area (Å²) < 4.78 is 10.9. The molecule has 1 aromatic heterocycles. The van der Waals surface area contributed by atoms with Gasteiger partial charge in [-0.1, -0.05) is 36.6 Å². The van der Waals surface area contributed by atoms with Crippen molar-refractivity contribution >= 4 is 0 Å². The Bertz CT molecular complexity index is 694. The minimum absolute atomic E-state index is 0.371. The molecule has 1 aromatic carbocycles. The van der Waals surface area contributed by atoms with Gasteiger partial charge in [0.2, 0.25) is 11.7 Å². The van der Waals surface area contributed by atoms with Crippen LogP contribution in [0.15, 0.2) is 28.8 Å². The second kappa shape index (κ2) is 7.56. The second-order valence-electron chi connectivity index (χ2n) is 7.44. The van der Waals surface area contributed by atoms with Crippen molar-refractivity contribution in [3.05, 3.63) is 30.2 Å². The van der Waals surface area contributed by atoms with Gasteiger partial charge in [0.1, 0.15) is 5.75 Å². The fourth-order valence-electron chi connectivity index (χ4n) is 4.22. The number of aromatic nitrogens is 2. The first-order valence-corrected chi connectivity index (χ1v) is 9.52. The van der Waals surface area contributed by atoms with Gasteiger partial charge in [0, 0.05) is 18.7 Å². The minimum Gasteiger partial charge on any atom is -0.497 e. The second-order valence-corrected chi connectivity index (χ2v) is 7.44. The molecule has 1 atom stereocenters. The van der Waals surface area contributed by atoms with Crippen molar-refractivity contribution in [1.29, 1.82) is 0 Å². The van der Waals surface area contributed by atoms with E-state index < -0.39 is 0 Å². The molecule has 5 nitrogen and oxygen atoms in total. The van der Waals surface area contributed by atoms with E-state index in [9.17, 15) is 0 Å². The van der Waals surface area contributed by atoms with Crippen LogP contribution in [0, 0.1) is 5.92 Å². The zero-order chi connectivity index (χ0) is 17.1. The van der Waals surface area contributed by atoms with Crippen LogP contribution in [-0.4, -0.2) is 41.8 Å². The first kappa shape index (κ1) is 16.6. The van der Waals surface area contributed by atoms with Gasteiger partial charge < -0.3 is 14.2 Å². The standard InChI is InChI=1S/C20H27N3O2/c1-24-18-9-5-8-16(12-18)19-21-20(25-22-19)17-10-11-23(14-17)13-15-6-3-2-4-7-15/h5,8-9,12,15,17H,2-4,6-7,10-11,13-14H2,1H3/t17-/m0/s1. The summed E-state index contributed by atoms with van der Waals surface area (Å²) in [7, 11) is 1.67. The Balaban J connectivity index is 1.39. The Morgan fingerprint density at radius 2 is 2.08 bits per heavy atom. The third-order valence-electron chi connectivity index (χ3n) is 5.63. The molecule has 2 aromatic rings. The molecule has 0 radical (unpaired) electrons.